The molecular formula is C26H26N4O4. The number of benzene rings is 3. The average molecular weight is 459 g/mol. The van der Waals surface area contributed by atoms with Crippen LogP contribution in [0.4, 0.5) is 5.69 Å². The normalized spacial score (nSPS) is 10.6. The third-order valence-electron chi connectivity index (χ3n) is 5.29. The Morgan fingerprint density at radius 2 is 1.76 bits per heavy atom. The smallest absolute Gasteiger partial charge is 0.253 e. The molecule has 0 atom stereocenters. The van der Waals surface area contributed by atoms with Crippen LogP contribution in [0.15, 0.2) is 71.3 Å². The van der Waals surface area contributed by atoms with Gasteiger partial charge in [-0.3, -0.25) is 4.79 Å². The van der Waals surface area contributed by atoms with E-state index >= 15 is 0 Å². The summed E-state index contributed by atoms with van der Waals surface area (Å²) in [6.07, 6.45) is 0. The molecule has 4 aromatic rings. The zero-order chi connectivity index (χ0) is 23.9. The van der Waals surface area contributed by atoms with Gasteiger partial charge in [0, 0.05) is 18.3 Å². The van der Waals surface area contributed by atoms with Crippen molar-refractivity contribution < 1.29 is 18.8 Å². The zero-order valence-corrected chi connectivity index (χ0v) is 19.3. The molecule has 0 bridgehead atoms. The maximum Gasteiger partial charge on any atom is 0.253 e. The number of aromatic nitrogens is 2. The fourth-order valence-electron chi connectivity index (χ4n) is 3.41. The summed E-state index contributed by atoms with van der Waals surface area (Å²) in [5.74, 6) is 1.86. The SMILES string of the molecule is COc1ccc(-c2noc(CNc3ccccc3C(=O)NCc3ccc(C)cc3)n2)c(OC)c1. The van der Waals surface area contributed by atoms with Gasteiger partial charge in [-0.05, 0) is 36.8 Å². The molecule has 0 spiro atoms. The lowest BCUT2D eigenvalue weighted by molar-refractivity contribution is 0.0951. The first-order valence-electron chi connectivity index (χ1n) is 10.8. The maximum atomic E-state index is 12.8. The van der Waals surface area contributed by atoms with Gasteiger partial charge in [0.2, 0.25) is 11.7 Å². The second-order valence-electron chi connectivity index (χ2n) is 7.65. The maximum absolute atomic E-state index is 12.8. The molecule has 0 aliphatic heterocycles. The first-order chi connectivity index (χ1) is 16.6. The summed E-state index contributed by atoms with van der Waals surface area (Å²) in [5.41, 5.74) is 4.11. The number of hydrogen-bond donors (Lipinski definition) is 2. The number of carbonyl (C=O) groups is 1. The van der Waals surface area contributed by atoms with Crippen molar-refractivity contribution >= 4 is 11.6 Å². The monoisotopic (exact) mass is 458 g/mol. The van der Waals surface area contributed by atoms with Gasteiger partial charge in [0.1, 0.15) is 11.5 Å². The number of ether oxygens (including phenoxy) is 2. The first kappa shape index (κ1) is 22.8. The van der Waals surface area contributed by atoms with E-state index in [4.69, 9.17) is 14.0 Å². The molecule has 0 aliphatic rings. The summed E-state index contributed by atoms with van der Waals surface area (Å²) in [4.78, 5) is 17.3. The quantitative estimate of drug-likeness (QED) is 0.378. The van der Waals surface area contributed by atoms with E-state index < -0.39 is 0 Å². The molecule has 8 nitrogen and oxygen atoms in total. The van der Waals surface area contributed by atoms with Crippen molar-refractivity contribution in [3.8, 4) is 22.9 Å². The summed E-state index contributed by atoms with van der Waals surface area (Å²) >= 11 is 0. The van der Waals surface area contributed by atoms with Crippen LogP contribution < -0.4 is 20.1 Å². The number of para-hydroxylation sites is 1. The van der Waals surface area contributed by atoms with Crippen LogP contribution in [-0.2, 0) is 13.1 Å². The van der Waals surface area contributed by atoms with Crippen molar-refractivity contribution in [1.82, 2.24) is 15.5 Å². The van der Waals surface area contributed by atoms with Crippen LogP contribution in [0.2, 0.25) is 0 Å². The number of hydrogen-bond acceptors (Lipinski definition) is 7. The molecule has 174 valence electrons. The minimum absolute atomic E-state index is 0.169. The second-order valence-corrected chi connectivity index (χ2v) is 7.65. The number of carbonyl (C=O) groups excluding carboxylic acids is 1. The van der Waals surface area contributed by atoms with Gasteiger partial charge in [-0.2, -0.15) is 4.98 Å². The van der Waals surface area contributed by atoms with Crippen LogP contribution in [0, 0.1) is 6.92 Å². The average Bonchev–Trinajstić information content (AvgIpc) is 3.35. The minimum Gasteiger partial charge on any atom is -0.497 e. The van der Waals surface area contributed by atoms with E-state index in [1.165, 1.54) is 5.56 Å². The van der Waals surface area contributed by atoms with Gasteiger partial charge in [-0.25, -0.2) is 0 Å². The zero-order valence-electron chi connectivity index (χ0n) is 19.3. The molecule has 0 aliphatic carbocycles. The predicted molar refractivity (Wildman–Crippen MR) is 129 cm³/mol. The van der Waals surface area contributed by atoms with Crippen LogP contribution in [0.1, 0.15) is 27.4 Å². The molecule has 1 amide bonds. The number of amides is 1. The van der Waals surface area contributed by atoms with E-state index in [0.717, 1.165) is 5.56 Å². The Balaban J connectivity index is 1.42. The number of anilines is 1. The Labute approximate surface area is 197 Å². The van der Waals surface area contributed by atoms with Gasteiger partial charge in [-0.15, -0.1) is 0 Å². The third-order valence-corrected chi connectivity index (χ3v) is 5.29. The lowest BCUT2D eigenvalue weighted by Crippen LogP contribution is -2.24. The fourth-order valence-corrected chi connectivity index (χ4v) is 3.41. The molecule has 0 saturated heterocycles. The van der Waals surface area contributed by atoms with Crippen LogP contribution in [0.25, 0.3) is 11.4 Å². The Hall–Kier alpha value is -4.33. The van der Waals surface area contributed by atoms with Crippen molar-refractivity contribution in [3.63, 3.8) is 0 Å². The fraction of sp³-hybridized carbons (Fsp3) is 0.192. The van der Waals surface area contributed by atoms with Crippen LogP contribution in [0.5, 0.6) is 11.5 Å². The van der Waals surface area contributed by atoms with E-state index in [9.17, 15) is 4.79 Å². The molecule has 0 saturated carbocycles. The topological polar surface area (TPSA) is 98.5 Å². The molecule has 0 fully saturated rings. The molecule has 2 N–H and O–H groups in total. The lowest BCUT2D eigenvalue weighted by atomic mass is 10.1. The Kier molecular flexibility index (Phi) is 7.07. The first-order valence-corrected chi connectivity index (χ1v) is 10.8. The number of aryl methyl sites for hydroxylation is 1. The predicted octanol–water partition coefficient (Wildman–Crippen LogP) is 4.60. The second kappa shape index (κ2) is 10.5. The molecule has 8 heteroatoms. The molecular weight excluding hydrogens is 432 g/mol. The molecule has 34 heavy (non-hydrogen) atoms. The minimum atomic E-state index is -0.169. The summed E-state index contributed by atoms with van der Waals surface area (Å²) in [6.45, 7) is 2.74. The number of methoxy groups -OCH3 is 2. The van der Waals surface area contributed by atoms with Crippen LogP contribution in [-0.4, -0.2) is 30.3 Å². The van der Waals surface area contributed by atoms with Gasteiger partial charge in [0.05, 0.1) is 31.9 Å². The van der Waals surface area contributed by atoms with Gasteiger partial charge in [0.25, 0.3) is 5.91 Å². The summed E-state index contributed by atoms with van der Waals surface area (Å²) in [6, 6.07) is 20.7. The summed E-state index contributed by atoms with van der Waals surface area (Å²) in [7, 11) is 3.16. The van der Waals surface area contributed by atoms with Gasteiger partial charge < -0.3 is 24.6 Å². The largest absolute Gasteiger partial charge is 0.497 e. The van der Waals surface area contributed by atoms with Crippen molar-refractivity contribution in [1.29, 1.82) is 0 Å². The Morgan fingerprint density at radius 3 is 2.53 bits per heavy atom. The lowest BCUT2D eigenvalue weighted by Gasteiger charge is -2.11. The highest BCUT2D eigenvalue weighted by Crippen LogP contribution is 2.31. The van der Waals surface area contributed by atoms with Crippen molar-refractivity contribution in [3.05, 3.63) is 89.3 Å². The summed E-state index contributed by atoms with van der Waals surface area (Å²) < 4.78 is 16.1. The highest BCUT2D eigenvalue weighted by Gasteiger charge is 2.16. The highest BCUT2D eigenvalue weighted by atomic mass is 16.5. The summed E-state index contributed by atoms with van der Waals surface area (Å²) in [5, 5.41) is 10.2. The Bertz CT molecular complexity index is 1270. The Morgan fingerprint density at radius 1 is 0.971 bits per heavy atom. The van der Waals surface area contributed by atoms with Gasteiger partial charge in [0.15, 0.2) is 0 Å². The van der Waals surface area contributed by atoms with E-state index in [-0.39, 0.29) is 12.5 Å². The molecule has 0 radical (unpaired) electrons. The van der Waals surface area contributed by atoms with Crippen molar-refractivity contribution in [2.75, 3.05) is 19.5 Å². The highest BCUT2D eigenvalue weighted by molar-refractivity contribution is 5.99. The molecule has 1 heterocycles. The van der Waals surface area contributed by atoms with E-state index in [2.05, 4.69) is 20.8 Å². The van der Waals surface area contributed by atoms with E-state index in [1.54, 1.807) is 32.4 Å². The van der Waals surface area contributed by atoms with E-state index in [0.29, 0.717) is 46.6 Å². The third kappa shape index (κ3) is 5.35. The van der Waals surface area contributed by atoms with Gasteiger partial charge >= 0.3 is 0 Å². The molecule has 0 unspecified atom stereocenters. The van der Waals surface area contributed by atoms with Crippen LogP contribution >= 0.6 is 0 Å². The van der Waals surface area contributed by atoms with Gasteiger partial charge in [-0.1, -0.05) is 47.1 Å². The molecule has 3 aromatic carbocycles. The van der Waals surface area contributed by atoms with Crippen molar-refractivity contribution in [2.45, 2.75) is 20.0 Å². The standard InChI is InChI=1S/C26H26N4O4/c1-17-8-10-18(11-9-17)15-28-26(31)20-6-4-5-7-22(20)27-16-24-29-25(30-34-24)21-13-12-19(32-2)14-23(21)33-3/h4-14,27H,15-16H2,1-3H3,(H,28,31). The molecule has 4 rings (SSSR count). The van der Waals surface area contributed by atoms with Crippen LogP contribution in [0.3, 0.4) is 0 Å². The number of nitrogens with one attached hydrogen (secondary N) is 2. The molecule has 1 aromatic heterocycles. The number of nitrogens with zero attached hydrogens (tertiary/aromatic N) is 2. The number of rotatable bonds is 9. The van der Waals surface area contributed by atoms with Crippen molar-refractivity contribution in [2.24, 2.45) is 0 Å². The van der Waals surface area contributed by atoms with E-state index in [1.807, 2.05) is 55.5 Å².